The Labute approximate surface area is 177 Å². The molecule has 4 rings (SSSR count). The summed E-state index contributed by atoms with van der Waals surface area (Å²) < 4.78 is 5.12. The van der Waals surface area contributed by atoms with Crippen LogP contribution >= 0.6 is 0 Å². The number of anilines is 2. The first kappa shape index (κ1) is 20.2. The number of hydrogen-bond donors (Lipinski definition) is 2. The van der Waals surface area contributed by atoms with Crippen molar-refractivity contribution in [2.75, 3.05) is 17.7 Å². The van der Waals surface area contributed by atoms with E-state index in [2.05, 4.69) is 31.1 Å². The van der Waals surface area contributed by atoms with E-state index in [1.165, 1.54) is 0 Å². The van der Waals surface area contributed by atoms with Gasteiger partial charge in [-0.3, -0.25) is 9.59 Å². The largest absolute Gasteiger partial charge is 0.497 e. The molecule has 2 atom stereocenters. The maximum absolute atomic E-state index is 13.1. The Morgan fingerprint density at radius 2 is 1.60 bits per heavy atom. The summed E-state index contributed by atoms with van der Waals surface area (Å²) >= 11 is 0. The number of carbonyl (C=O) groups is 2. The zero-order valence-electron chi connectivity index (χ0n) is 17.7. The molecule has 0 unspecified atom stereocenters. The first-order chi connectivity index (χ1) is 14.3. The molecule has 2 aromatic carbocycles. The Kier molecular flexibility index (Phi) is 4.92. The highest BCUT2D eigenvalue weighted by Gasteiger charge is 2.60. The lowest BCUT2D eigenvalue weighted by Crippen LogP contribution is -2.37. The Bertz CT molecular complexity index is 992. The molecule has 2 fully saturated rings. The van der Waals surface area contributed by atoms with Crippen LogP contribution in [0.15, 0.2) is 60.7 Å². The van der Waals surface area contributed by atoms with E-state index < -0.39 is 5.41 Å². The summed E-state index contributed by atoms with van der Waals surface area (Å²) in [7, 11) is 1.60. The minimum Gasteiger partial charge on any atom is -0.497 e. The van der Waals surface area contributed by atoms with Crippen LogP contribution in [0.4, 0.5) is 11.4 Å². The molecule has 2 amide bonds. The summed E-state index contributed by atoms with van der Waals surface area (Å²) in [5.41, 5.74) is 2.51. The lowest BCUT2D eigenvalue weighted by molar-refractivity contribution is -0.123. The number of hydrogen-bond acceptors (Lipinski definition) is 3. The highest BCUT2D eigenvalue weighted by atomic mass is 16.5. The summed E-state index contributed by atoms with van der Waals surface area (Å²) in [6.45, 7) is 8.69. The van der Waals surface area contributed by atoms with E-state index >= 15 is 0 Å². The molecule has 5 nitrogen and oxygen atoms in total. The number of amides is 2. The number of nitrogens with one attached hydrogen (secondary N) is 2. The number of carbonyl (C=O) groups excluding carboxylic acids is 2. The zero-order valence-corrected chi connectivity index (χ0v) is 17.7. The maximum atomic E-state index is 13.1. The standard InChI is InChI=1S/C25H28N2O3/c1-16-24(2,3)18-13-14-25(16,15-18)23(29)27-20-7-5-17(6-8-20)22(28)26-19-9-11-21(30-4)12-10-19/h5-12,18H,1,13-15H2,2-4H3,(H,26,28)(H,27,29)/t18-,25+/m1/s1. The van der Waals surface area contributed by atoms with Crippen LogP contribution in [0.2, 0.25) is 0 Å². The zero-order chi connectivity index (χ0) is 21.5. The topological polar surface area (TPSA) is 67.4 Å². The molecule has 30 heavy (non-hydrogen) atoms. The Balaban J connectivity index is 1.42. The summed E-state index contributed by atoms with van der Waals surface area (Å²) in [6, 6.07) is 14.1. The molecular weight excluding hydrogens is 376 g/mol. The molecule has 5 heteroatoms. The van der Waals surface area contributed by atoms with Gasteiger partial charge >= 0.3 is 0 Å². The van der Waals surface area contributed by atoms with Crippen LogP contribution in [0.1, 0.15) is 43.5 Å². The van der Waals surface area contributed by atoms with Crippen LogP contribution in [0.3, 0.4) is 0 Å². The van der Waals surface area contributed by atoms with Gasteiger partial charge in [0.05, 0.1) is 12.5 Å². The van der Waals surface area contributed by atoms with Crippen molar-refractivity contribution in [1.82, 2.24) is 0 Å². The predicted octanol–water partition coefficient (Wildman–Crippen LogP) is 5.27. The first-order valence-electron chi connectivity index (χ1n) is 10.3. The molecular formula is C25H28N2O3. The molecule has 2 bridgehead atoms. The van der Waals surface area contributed by atoms with E-state index in [1.54, 1.807) is 55.6 Å². The first-order valence-corrected chi connectivity index (χ1v) is 10.3. The van der Waals surface area contributed by atoms with Crippen LogP contribution in [-0.4, -0.2) is 18.9 Å². The second-order valence-electron chi connectivity index (χ2n) is 8.94. The van der Waals surface area contributed by atoms with Gasteiger partial charge in [-0.05, 0) is 79.1 Å². The van der Waals surface area contributed by atoms with Crippen LogP contribution in [0.25, 0.3) is 0 Å². The molecule has 0 heterocycles. The highest BCUT2D eigenvalue weighted by Crippen LogP contribution is 2.65. The van der Waals surface area contributed by atoms with E-state index in [1.807, 2.05) is 0 Å². The maximum Gasteiger partial charge on any atom is 0.255 e. The van der Waals surface area contributed by atoms with E-state index in [4.69, 9.17) is 4.74 Å². The second-order valence-corrected chi connectivity index (χ2v) is 8.94. The summed E-state index contributed by atoms with van der Waals surface area (Å²) in [4.78, 5) is 25.6. The summed E-state index contributed by atoms with van der Waals surface area (Å²) in [5, 5.41) is 5.91. The van der Waals surface area contributed by atoms with E-state index in [9.17, 15) is 9.59 Å². The lowest BCUT2D eigenvalue weighted by Gasteiger charge is -2.37. The Morgan fingerprint density at radius 1 is 1.00 bits per heavy atom. The molecule has 2 aromatic rings. The van der Waals surface area contributed by atoms with Crippen molar-refractivity contribution in [1.29, 1.82) is 0 Å². The molecule has 0 aromatic heterocycles. The molecule has 156 valence electrons. The van der Waals surface area contributed by atoms with Crippen molar-refractivity contribution >= 4 is 23.2 Å². The molecule has 0 aliphatic heterocycles. The average Bonchev–Trinajstić information content (AvgIpc) is 3.28. The molecule has 2 N–H and O–H groups in total. The molecule has 2 saturated carbocycles. The van der Waals surface area contributed by atoms with Gasteiger partial charge in [0.2, 0.25) is 5.91 Å². The Hall–Kier alpha value is -3.08. The molecule has 0 radical (unpaired) electrons. The quantitative estimate of drug-likeness (QED) is 0.667. The normalized spacial score (nSPS) is 23.8. The van der Waals surface area contributed by atoms with Gasteiger partial charge in [-0.25, -0.2) is 0 Å². The van der Waals surface area contributed by atoms with E-state index in [0.717, 1.165) is 30.6 Å². The fourth-order valence-corrected chi connectivity index (χ4v) is 4.98. The van der Waals surface area contributed by atoms with Gasteiger partial charge in [-0.2, -0.15) is 0 Å². The molecule has 2 aliphatic carbocycles. The van der Waals surface area contributed by atoms with Crippen molar-refractivity contribution in [2.45, 2.75) is 33.1 Å². The Morgan fingerprint density at radius 3 is 2.17 bits per heavy atom. The van der Waals surface area contributed by atoms with Crippen LogP contribution in [0, 0.1) is 16.7 Å². The fraction of sp³-hybridized carbons (Fsp3) is 0.360. The highest BCUT2D eigenvalue weighted by molar-refractivity contribution is 6.05. The van der Waals surface area contributed by atoms with Gasteiger partial charge in [0.25, 0.3) is 5.91 Å². The second kappa shape index (κ2) is 7.31. The SMILES string of the molecule is C=C1C(C)(C)[C@@H]2CC[C@]1(C(=O)Nc1ccc(C(=O)Nc3ccc(OC)cc3)cc1)C2. The minimum absolute atomic E-state index is 0.0129. The molecule has 2 aliphatic rings. The summed E-state index contributed by atoms with van der Waals surface area (Å²) in [6.07, 6.45) is 2.82. The van der Waals surface area contributed by atoms with Crippen molar-refractivity contribution in [3.05, 3.63) is 66.2 Å². The van der Waals surface area contributed by atoms with Crippen molar-refractivity contribution in [2.24, 2.45) is 16.7 Å². The average molecular weight is 405 g/mol. The third-order valence-electron chi connectivity index (χ3n) is 7.08. The fourth-order valence-electron chi connectivity index (χ4n) is 4.98. The minimum atomic E-state index is -0.460. The van der Waals surface area contributed by atoms with Crippen molar-refractivity contribution in [3.63, 3.8) is 0 Å². The van der Waals surface area contributed by atoms with Crippen LogP contribution < -0.4 is 15.4 Å². The third kappa shape index (κ3) is 3.28. The van der Waals surface area contributed by atoms with Gasteiger partial charge in [-0.15, -0.1) is 0 Å². The van der Waals surface area contributed by atoms with Gasteiger partial charge < -0.3 is 15.4 Å². The summed E-state index contributed by atoms with van der Waals surface area (Å²) in [5.74, 6) is 1.08. The van der Waals surface area contributed by atoms with Gasteiger partial charge in [0, 0.05) is 16.9 Å². The van der Waals surface area contributed by atoms with Gasteiger partial charge in [-0.1, -0.05) is 26.0 Å². The van der Waals surface area contributed by atoms with Crippen LogP contribution in [0.5, 0.6) is 5.75 Å². The smallest absolute Gasteiger partial charge is 0.255 e. The van der Waals surface area contributed by atoms with E-state index in [0.29, 0.717) is 22.9 Å². The van der Waals surface area contributed by atoms with Gasteiger partial charge in [0.15, 0.2) is 0 Å². The number of benzene rings is 2. The third-order valence-corrected chi connectivity index (χ3v) is 7.08. The monoisotopic (exact) mass is 404 g/mol. The number of ether oxygens (including phenoxy) is 1. The van der Waals surface area contributed by atoms with Gasteiger partial charge in [0.1, 0.15) is 5.75 Å². The molecule has 0 saturated heterocycles. The number of rotatable bonds is 5. The predicted molar refractivity (Wildman–Crippen MR) is 119 cm³/mol. The molecule has 0 spiro atoms. The number of fused-ring (bicyclic) bond motifs is 2. The lowest BCUT2D eigenvalue weighted by atomic mass is 9.68. The van der Waals surface area contributed by atoms with Crippen molar-refractivity contribution in [3.8, 4) is 5.75 Å². The van der Waals surface area contributed by atoms with E-state index in [-0.39, 0.29) is 17.2 Å². The van der Waals surface area contributed by atoms with Crippen molar-refractivity contribution < 1.29 is 14.3 Å². The van der Waals surface area contributed by atoms with Crippen LogP contribution in [-0.2, 0) is 4.79 Å². The number of methoxy groups -OCH3 is 1.